The average molecular weight is 376 g/mol. The van der Waals surface area contributed by atoms with Gasteiger partial charge in [0.05, 0.1) is 11.7 Å². The molecule has 0 aromatic carbocycles. The molecule has 0 aliphatic rings. The second-order valence-electron chi connectivity index (χ2n) is 2.86. The van der Waals surface area contributed by atoms with E-state index in [4.69, 9.17) is 20.4 Å². The maximum absolute atomic E-state index is 9.82. The molecule has 8 heteroatoms. The summed E-state index contributed by atoms with van der Waals surface area (Å²) in [7, 11) is 1.00. The van der Waals surface area contributed by atoms with Crippen LogP contribution < -0.4 is 0 Å². The zero-order chi connectivity index (χ0) is 15.4. The van der Waals surface area contributed by atoms with E-state index < -0.39 is 5.09 Å². The van der Waals surface area contributed by atoms with Crippen LogP contribution in [0.3, 0.4) is 0 Å². The molecule has 0 heterocycles. The first-order chi connectivity index (χ1) is 8.42. The van der Waals surface area contributed by atoms with Crippen LogP contribution in [0.5, 0.6) is 0 Å². The molecule has 0 rings (SSSR count). The third-order valence-electron chi connectivity index (χ3n) is 1.30. The number of carbonyl (C=O) groups is 1. The van der Waals surface area contributed by atoms with Crippen molar-refractivity contribution in [3.8, 4) is 0 Å². The smallest absolute Gasteiger partial charge is 0.466 e. The summed E-state index contributed by atoms with van der Waals surface area (Å²) in [4.78, 5) is 18.1. The van der Waals surface area contributed by atoms with E-state index in [1.165, 1.54) is 32.6 Å². The zero-order valence-electron chi connectivity index (χ0n) is 12.3. The molecular weight excluding hydrogens is 350 g/mol. The Labute approximate surface area is 131 Å². The number of carbonyl (C=O) groups excluding carboxylic acids is 1. The van der Waals surface area contributed by atoms with Crippen LogP contribution in [0, 0.1) is 15.3 Å². The molecule has 0 aliphatic carbocycles. The van der Waals surface area contributed by atoms with Crippen molar-refractivity contribution in [2.75, 3.05) is 13.7 Å². The van der Waals surface area contributed by atoms with Gasteiger partial charge in [0.15, 0.2) is 0 Å². The molecule has 0 aliphatic heterocycles. The van der Waals surface area contributed by atoms with E-state index in [0.29, 0.717) is 6.61 Å². The van der Waals surface area contributed by atoms with Gasteiger partial charge in [-0.2, -0.15) is 0 Å². The van der Waals surface area contributed by atoms with Crippen molar-refractivity contribution in [1.82, 2.24) is 0 Å². The summed E-state index contributed by atoms with van der Waals surface area (Å²) in [5, 5.41) is 21.8. The van der Waals surface area contributed by atoms with Crippen LogP contribution in [0.4, 0.5) is 0 Å². The summed E-state index contributed by atoms with van der Waals surface area (Å²) in [6.45, 7) is 8.12. The molecule has 0 aromatic rings. The molecule has 122 valence electrons. The van der Waals surface area contributed by atoms with Gasteiger partial charge in [0.25, 0.3) is 0 Å². The predicted octanol–water partition coefficient (Wildman–Crippen LogP) is 2.52. The van der Waals surface area contributed by atoms with E-state index in [1.54, 1.807) is 6.92 Å². The fourth-order valence-corrected chi connectivity index (χ4v) is 0.703. The molecule has 0 radical (unpaired) electrons. The molecule has 0 saturated carbocycles. The van der Waals surface area contributed by atoms with Crippen LogP contribution in [0.1, 0.15) is 53.4 Å². The predicted molar refractivity (Wildman–Crippen MR) is 70.6 cm³/mol. The molecule has 0 fully saturated rings. The molecule has 19 heavy (non-hydrogen) atoms. The molecule has 0 bridgehead atoms. The fourth-order valence-electron chi connectivity index (χ4n) is 0.703. The monoisotopic (exact) mass is 375 g/mol. The zero-order valence-corrected chi connectivity index (χ0v) is 13.8. The number of aliphatic hydroxyl groups is 1. The summed E-state index contributed by atoms with van der Waals surface area (Å²) in [6.07, 6.45) is 5.54. The number of unbranched alkanes of at least 4 members (excludes halogenated alkanes) is 3. The summed E-state index contributed by atoms with van der Waals surface area (Å²) in [6, 6.07) is 0. The maximum atomic E-state index is 9.82. The van der Waals surface area contributed by atoms with Crippen LogP contribution >= 0.6 is 0 Å². The van der Waals surface area contributed by atoms with Gasteiger partial charge in [0.1, 0.15) is 0 Å². The van der Waals surface area contributed by atoms with E-state index in [0.717, 1.165) is 7.11 Å². The Morgan fingerprint density at radius 3 is 1.42 bits per heavy atom. The van der Waals surface area contributed by atoms with Crippen LogP contribution in [-0.4, -0.2) is 29.9 Å². The SMILES string of the molecule is CCCCCC.CCOC(C)=O.CO.O=[N+]([O-])[O-].[Ag+]. The van der Waals surface area contributed by atoms with Crippen LogP contribution in [0.15, 0.2) is 0 Å². The summed E-state index contributed by atoms with van der Waals surface area (Å²) in [5.74, 6) is -0.211. The van der Waals surface area contributed by atoms with E-state index in [9.17, 15) is 4.79 Å². The third-order valence-corrected chi connectivity index (χ3v) is 1.30. The van der Waals surface area contributed by atoms with Crippen molar-refractivity contribution in [2.24, 2.45) is 0 Å². The van der Waals surface area contributed by atoms with Gasteiger partial charge in [0, 0.05) is 14.0 Å². The van der Waals surface area contributed by atoms with Gasteiger partial charge in [-0.15, -0.1) is 0 Å². The Bertz CT molecular complexity index is 161. The number of ether oxygens (including phenoxy) is 1. The second-order valence-corrected chi connectivity index (χ2v) is 2.86. The van der Waals surface area contributed by atoms with Gasteiger partial charge >= 0.3 is 28.3 Å². The average Bonchev–Trinajstić information content (AvgIpc) is 2.29. The van der Waals surface area contributed by atoms with Gasteiger partial charge < -0.3 is 25.2 Å². The number of nitrogens with zero attached hydrogens (tertiary/aromatic N) is 1. The molecule has 0 atom stereocenters. The first-order valence-corrected chi connectivity index (χ1v) is 5.81. The normalized spacial score (nSPS) is 6.84. The van der Waals surface area contributed by atoms with Crippen molar-refractivity contribution < 1.29 is 42.1 Å². The summed E-state index contributed by atoms with van der Waals surface area (Å²) >= 11 is 0. The molecule has 0 saturated heterocycles. The Morgan fingerprint density at radius 1 is 1.11 bits per heavy atom. The van der Waals surface area contributed by atoms with Gasteiger partial charge in [0.2, 0.25) is 0 Å². The van der Waals surface area contributed by atoms with Gasteiger partial charge in [-0.3, -0.25) is 4.79 Å². The molecule has 0 unspecified atom stereocenters. The van der Waals surface area contributed by atoms with Crippen molar-refractivity contribution in [1.29, 1.82) is 0 Å². The van der Waals surface area contributed by atoms with Crippen molar-refractivity contribution >= 4 is 5.97 Å². The fraction of sp³-hybridized carbons (Fsp3) is 0.909. The Kier molecular flexibility index (Phi) is 58.8. The molecule has 0 amide bonds. The van der Waals surface area contributed by atoms with Crippen molar-refractivity contribution in [3.63, 3.8) is 0 Å². The van der Waals surface area contributed by atoms with Crippen LogP contribution in [0.2, 0.25) is 0 Å². The molecule has 7 nitrogen and oxygen atoms in total. The molecular formula is C11H26AgNO6. The molecule has 0 aromatic heterocycles. The number of esters is 1. The second kappa shape index (κ2) is 36.0. The number of aliphatic hydroxyl groups excluding tert-OH is 1. The van der Waals surface area contributed by atoms with E-state index >= 15 is 0 Å². The Hall–Kier alpha value is -0.630. The van der Waals surface area contributed by atoms with Gasteiger partial charge in [-0.1, -0.05) is 39.5 Å². The maximum Gasteiger partial charge on any atom is 1.00 e. The first kappa shape index (κ1) is 31.0. The minimum Gasteiger partial charge on any atom is -0.466 e. The largest absolute Gasteiger partial charge is 1.00 e. The van der Waals surface area contributed by atoms with Crippen molar-refractivity contribution in [2.45, 2.75) is 53.4 Å². The minimum atomic E-state index is -1.75. The molecule has 0 spiro atoms. The number of hydrogen-bond acceptors (Lipinski definition) is 6. The standard InChI is InChI=1S/C6H14.C4H8O2.CH4O.Ag.NO3/c1-3-5-6-4-2;1-3-6-4(2)5;1-2;;2-1(3)4/h3-6H2,1-2H3;3H2,1-2H3;2H,1H3;;/q;;;+1;-1. The van der Waals surface area contributed by atoms with Gasteiger partial charge in [-0.05, 0) is 6.92 Å². The quantitative estimate of drug-likeness (QED) is 0.265. The minimum absolute atomic E-state index is 0. The third kappa shape index (κ3) is 142. The first-order valence-electron chi connectivity index (χ1n) is 5.81. The molecule has 1 N–H and O–H groups in total. The van der Waals surface area contributed by atoms with E-state index in [-0.39, 0.29) is 28.3 Å². The summed E-state index contributed by atoms with van der Waals surface area (Å²) in [5.41, 5.74) is 0. The Balaban J connectivity index is -0.0000000480. The van der Waals surface area contributed by atoms with E-state index in [1.807, 2.05) is 0 Å². The summed E-state index contributed by atoms with van der Waals surface area (Å²) < 4.78 is 4.40. The topological polar surface area (TPSA) is 113 Å². The van der Waals surface area contributed by atoms with E-state index in [2.05, 4.69) is 18.6 Å². The number of hydrogen-bond donors (Lipinski definition) is 1. The Morgan fingerprint density at radius 2 is 1.37 bits per heavy atom. The van der Waals surface area contributed by atoms with Crippen LogP contribution in [-0.2, 0) is 31.9 Å². The number of rotatable bonds is 4. The van der Waals surface area contributed by atoms with Crippen LogP contribution in [0.25, 0.3) is 0 Å². The van der Waals surface area contributed by atoms with Crippen molar-refractivity contribution in [3.05, 3.63) is 15.3 Å². The van der Waals surface area contributed by atoms with Gasteiger partial charge in [-0.25, -0.2) is 0 Å².